The smallest absolute Gasteiger partial charge is 0.417 e. The maximum Gasteiger partial charge on any atom is 0.417 e. The van der Waals surface area contributed by atoms with E-state index in [0.29, 0.717) is 76.6 Å². The van der Waals surface area contributed by atoms with Crippen molar-refractivity contribution < 1.29 is 137 Å². The number of aliphatic hydroxyl groups excluding tert-OH is 7. The summed E-state index contributed by atoms with van der Waals surface area (Å²) in [6.07, 6.45) is -11.3. The molecule has 0 aromatic heterocycles. The molecule has 41 nitrogen and oxygen atoms in total. The summed E-state index contributed by atoms with van der Waals surface area (Å²) in [5, 5.41) is 143. The molecule has 774 valence electrons. The zero-order valence-electron chi connectivity index (χ0n) is 80.2. The van der Waals surface area contributed by atoms with Crippen LogP contribution in [-0.2, 0) is 63.8 Å². The molecule has 8 amide bonds. The second kappa shape index (κ2) is 46.0. The molecule has 19 N–H and O–H groups in total. The molecule has 0 radical (unpaired) electrons. The van der Waals surface area contributed by atoms with Crippen molar-refractivity contribution in [1.82, 2.24) is 66.8 Å². The Hall–Kier alpha value is -11.6. The Bertz CT molecular complexity index is 5860. The maximum absolute atomic E-state index is 17.4. The molecule has 11 heterocycles. The van der Waals surface area contributed by atoms with Gasteiger partial charge in [0, 0.05) is 87.5 Å². The summed E-state index contributed by atoms with van der Waals surface area (Å²) in [5.41, 5.74) is -2.16. The number of rotatable bonds is 26. The summed E-state index contributed by atoms with van der Waals surface area (Å²) >= 11 is 15.5. The van der Waals surface area contributed by atoms with E-state index < -0.39 is 245 Å². The topological polar surface area (TPSA) is 560 Å². The van der Waals surface area contributed by atoms with E-state index in [1.165, 1.54) is 73.8 Å². The van der Waals surface area contributed by atoms with Crippen LogP contribution < -0.4 is 76.1 Å². The highest BCUT2D eigenvalue weighted by Crippen LogP contribution is 2.71. The molecule has 18 atom stereocenters. The lowest BCUT2D eigenvalue weighted by Gasteiger charge is -2.41. The predicted octanol–water partition coefficient (Wildman–Crippen LogP) is 6.50. The van der Waals surface area contributed by atoms with E-state index in [1.54, 1.807) is 14.1 Å². The number of amides is 8. The Kier molecular flexibility index (Phi) is 33.6. The van der Waals surface area contributed by atoms with Gasteiger partial charge in [-0.1, -0.05) is 99.5 Å². The lowest BCUT2D eigenvalue weighted by atomic mass is 9.89. The summed E-state index contributed by atoms with van der Waals surface area (Å²) < 4.78 is 66.1. The fourth-order valence-corrected chi connectivity index (χ4v) is 24.4. The second-order valence-electron chi connectivity index (χ2n) is 38.1. The van der Waals surface area contributed by atoms with Gasteiger partial charge in [0.25, 0.3) is 0 Å². The summed E-state index contributed by atoms with van der Waals surface area (Å²) in [6.45, 7) is 7.33. The number of ether oxygens (including phenoxy) is 8. The van der Waals surface area contributed by atoms with E-state index in [2.05, 4.69) is 75.7 Å². The summed E-state index contributed by atoms with van der Waals surface area (Å²) in [7, 11) is 2.83. The number of hydrogen-bond donors (Lipinski definition) is 19. The highest BCUT2D eigenvalue weighted by Gasteiger charge is 2.63. The number of methoxy groups -OCH3 is 1. The number of hydrogen-bond acceptors (Lipinski definition) is 33. The molecule has 0 aliphatic carbocycles. The number of carbonyl (C=O) groups is 9. The fraction of sp³-hybridized carbons (Fsp3) is 0.490. The SMILES string of the molecule is CN[C@@H]1C(=O)N[C@@H]2Cc3ccc(cc3)Oc3cc4cc(c3O[C@@H]3O[C@H](C(=O)OC)[C@@H](O)[C@H](O)[C@H]3NC(=O)CCCCCCCC(C)C)Oc3ccc(cc3Cl)[C@@H](O)[C@@H]3NC(=O)[C@H](NC(=O)[C@@H]4NC(=O)[C@@H](NC2=O)c2cc(cc(O[P+](N4CCCC4)(N4CCCC4)N4CCCC4)c2Cl)Oc2cc1ccc2O)c1ccc(O)c(c1)-c1c(O[C@H]2O[C@H](CO)[C@@H](O)[C@H](O)[C@@H]2O)cc(O)cc1[C@@H](C(=O)NCCCN(C)C)NC3=O. The summed E-state index contributed by atoms with van der Waals surface area (Å²) in [5.74, 6) is -15.0. The number of aromatic hydroxyl groups is 3. The highest BCUT2D eigenvalue weighted by atomic mass is 35.5. The van der Waals surface area contributed by atoms with E-state index in [-0.39, 0.29) is 75.4 Å². The molecule has 18 rings (SSSR count). The van der Waals surface area contributed by atoms with Crippen LogP contribution in [0.3, 0.4) is 0 Å². The minimum atomic E-state index is -3.21. The van der Waals surface area contributed by atoms with Crippen LogP contribution in [0.25, 0.3) is 11.1 Å². The molecule has 7 aromatic carbocycles. The van der Waals surface area contributed by atoms with Gasteiger partial charge in [-0.15, -0.1) is 14.0 Å². The van der Waals surface area contributed by atoms with Crippen LogP contribution in [0.5, 0.6) is 69.0 Å². The van der Waals surface area contributed by atoms with Crippen molar-refractivity contribution in [2.24, 2.45) is 5.92 Å². The fourth-order valence-electron chi connectivity index (χ4n) is 19.6. The number of nitrogens with zero attached hydrogens (tertiary/aromatic N) is 4. The van der Waals surface area contributed by atoms with Gasteiger partial charge in [-0.2, -0.15) is 0 Å². The minimum absolute atomic E-state index is 0.0710. The van der Waals surface area contributed by atoms with Crippen LogP contribution in [0.15, 0.2) is 115 Å². The Morgan fingerprint density at radius 3 is 1.83 bits per heavy atom. The normalized spacial score (nSPS) is 26.5. The van der Waals surface area contributed by atoms with Crippen molar-refractivity contribution in [3.8, 4) is 80.1 Å². The number of benzene rings is 7. The van der Waals surface area contributed by atoms with Crippen LogP contribution in [0.4, 0.5) is 0 Å². The molecule has 7 aromatic rings. The molecule has 5 saturated heterocycles. The Morgan fingerprint density at radius 1 is 0.556 bits per heavy atom. The molecule has 17 bridgehead atoms. The van der Waals surface area contributed by atoms with Crippen molar-refractivity contribution in [1.29, 1.82) is 0 Å². The Labute approximate surface area is 840 Å². The number of halogens is 2. The second-order valence-corrected chi connectivity index (χ2v) is 41.8. The van der Waals surface area contributed by atoms with Crippen molar-refractivity contribution >= 4 is 84.4 Å². The zero-order chi connectivity index (χ0) is 102. The highest BCUT2D eigenvalue weighted by molar-refractivity contribution is 7.64. The molecule has 0 saturated carbocycles. The molecular formula is C100H123Cl2N13O28P+. The van der Waals surface area contributed by atoms with E-state index in [0.717, 1.165) is 120 Å². The molecular weight excluding hydrogens is 1930 g/mol. The number of esters is 1. The first kappa shape index (κ1) is 105. The lowest BCUT2D eigenvalue weighted by molar-refractivity contribution is -0.277. The predicted molar refractivity (Wildman–Crippen MR) is 520 cm³/mol. The molecule has 144 heavy (non-hydrogen) atoms. The Morgan fingerprint density at radius 2 is 1.17 bits per heavy atom. The average molecular weight is 2060 g/mol. The van der Waals surface area contributed by atoms with Crippen molar-refractivity contribution in [3.05, 3.63) is 164 Å². The monoisotopic (exact) mass is 2050 g/mol. The average Bonchev–Trinajstić information content (AvgIpc) is 1.56. The number of phenolic OH excluding ortho intramolecular Hbond substituents is 3. The van der Waals surface area contributed by atoms with E-state index >= 15 is 33.6 Å². The van der Waals surface area contributed by atoms with Crippen LogP contribution >= 0.6 is 31.1 Å². The third-order valence-electron chi connectivity index (χ3n) is 27.2. The number of nitrogens with one attached hydrogen (secondary N) is 9. The molecule has 0 unspecified atom stereocenters. The third kappa shape index (κ3) is 23.0. The van der Waals surface area contributed by atoms with Crippen molar-refractivity contribution in [2.75, 3.05) is 87.2 Å². The van der Waals surface area contributed by atoms with E-state index in [9.17, 15) is 60.7 Å². The number of phenols is 3. The zero-order valence-corrected chi connectivity index (χ0v) is 82.6. The van der Waals surface area contributed by atoms with Gasteiger partial charge in [0.05, 0.1) is 23.8 Å². The van der Waals surface area contributed by atoms with Crippen LogP contribution in [-0.4, -0.2) is 284 Å². The van der Waals surface area contributed by atoms with Crippen LogP contribution in [0.1, 0.15) is 179 Å². The third-order valence-corrected chi connectivity index (χ3v) is 31.8. The molecule has 0 spiro atoms. The number of fused-ring (bicyclic) bond motifs is 14. The summed E-state index contributed by atoms with van der Waals surface area (Å²) in [6, 6.07) is 7.78. The quantitative estimate of drug-likeness (QED) is 0.0156. The van der Waals surface area contributed by atoms with Gasteiger partial charge in [-0.05, 0) is 191 Å². The van der Waals surface area contributed by atoms with Crippen molar-refractivity contribution in [3.63, 3.8) is 0 Å². The van der Waals surface area contributed by atoms with Gasteiger partial charge < -0.3 is 142 Å². The maximum atomic E-state index is 17.4. The summed E-state index contributed by atoms with van der Waals surface area (Å²) in [4.78, 5) is 145. The van der Waals surface area contributed by atoms with Crippen molar-refractivity contribution in [2.45, 2.75) is 220 Å². The van der Waals surface area contributed by atoms with Gasteiger partial charge in [0.1, 0.15) is 126 Å². The standard InChI is InChI=1S/C100H122Cl2N13O28P/c1-50(2)19-10-8-7-9-11-20-73(120)106-82-85(123)87(125)90(98(134)135-6)142-99(82)141-89-70-43-55-44-71(89)138-66-30-25-54(41-62(66)101)83(121)81-97(133)110-79(92(128)104-31-18-32-112(4)5)60-45-56(117)46-68(139-100-88(126)86(124)84(122)72(49-116)140-100)74(60)59-40-52(23-28-64(59)118)77(94(130)111-81)107-95(131)78(55)108-96(132)80-61-47-58(48-69(75(61)102)143-144(113-33-12-13-34-113,114-35-14-15-36-114)115-37-16-17-38-115)137-67-42-53(24-29-65(67)119)76(103-3)93(129)105-63(91(127)109-80)39-51-21-26-57(136-70)27-22-51/h21-30,40-48,50,63,72,76-88,90,99-100,103,116,121-126H,7-20,31-39,49H2,1-6H3,(H10-,104,105,106,107,108,109,110,111,117,118,119,120,127,128,129,130,131,132,133)/p+1/t63-,72-,76+,77-,78-,79+,80+,81+,82-,83-,84-,85-,86+,87+,88+,90+,99-,100+/m1/s1. The number of aliphatic hydroxyl groups is 7. The largest absolute Gasteiger partial charge is 0.508 e. The molecule has 5 fully saturated rings. The number of carbonyl (C=O) groups excluding carboxylic acids is 9. The molecule has 11 aliphatic heterocycles. The van der Waals surface area contributed by atoms with Crippen LogP contribution in [0.2, 0.25) is 10.0 Å². The van der Waals surface area contributed by atoms with Gasteiger partial charge >= 0.3 is 13.9 Å². The van der Waals surface area contributed by atoms with Crippen LogP contribution in [0, 0.1) is 5.92 Å². The van der Waals surface area contributed by atoms with Gasteiger partial charge in [0.15, 0.2) is 29.1 Å². The first-order valence-corrected chi connectivity index (χ1v) is 50.9. The van der Waals surface area contributed by atoms with Gasteiger partial charge in [0.2, 0.25) is 71.3 Å². The number of unbranched alkanes of at least 4 members (excludes halogenated alkanes) is 4. The minimum Gasteiger partial charge on any atom is -0.508 e. The van der Waals surface area contributed by atoms with Gasteiger partial charge in [-0.3, -0.25) is 42.9 Å². The molecule has 11 aliphatic rings. The van der Waals surface area contributed by atoms with E-state index in [4.69, 9.17) is 65.6 Å². The first-order valence-electron chi connectivity index (χ1n) is 48.5. The lowest BCUT2D eigenvalue weighted by Crippen LogP contribution is -2.66. The number of likely N-dealkylation sites (N-methyl/N-ethyl adjacent to an activating group) is 1. The van der Waals surface area contributed by atoms with E-state index in [1.807, 2.05) is 4.90 Å². The van der Waals surface area contributed by atoms with Gasteiger partial charge in [-0.25, -0.2) is 4.79 Å². The molecule has 44 heteroatoms. The Balaban J connectivity index is 0.937. The first-order chi connectivity index (χ1) is 69.1.